The molecule has 0 aromatic carbocycles. The molecule has 1 aromatic heterocycles. The third-order valence-corrected chi connectivity index (χ3v) is 8.00. The molecular weight excluding hydrogens is 542 g/mol. The van der Waals surface area contributed by atoms with E-state index in [0.717, 1.165) is 19.5 Å². The summed E-state index contributed by atoms with van der Waals surface area (Å²) in [5.74, 6) is 0.137. The van der Waals surface area contributed by atoms with E-state index in [0.29, 0.717) is 77.4 Å². The van der Waals surface area contributed by atoms with E-state index in [4.69, 9.17) is 18.9 Å². The Balaban J connectivity index is 1.12. The van der Waals surface area contributed by atoms with Gasteiger partial charge in [-0.05, 0) is 23.2 Å². The first-order chi connectivity index (χ1) is 19.9. The summed E-state index contributed by atoms with van der Waals surface area (Å²) in [6.07, 6.45) is 3.47. The van der Waals surface area contributed by atoms with Gasteiger partial charge in [0.05, 0.1) is 84.5 Å². The average Bonchev–Trinajstić information content (AvgIpc) is 3.65. The molecule has 42 heavy (non-hydrogen) atoms. The van der Waals surface area contributed by atoms with Crippen molar-refractivity contribution in [1.29, 1.82) is 0 Å². The number of ether oxygens (including phenoxy) is 4. The van der Waals surface area contributed by atoms with Crippen molar-refractivity contribution >= 4 is 17.7 Å². The van der Waals surface area contributed by atoms with Gasteiger partial charge in [0.25, 0.3) is 0 Å². The molecule has 0 saturated carbocycles. The van der Waals surface area contributed by atoms with E-state index < -0.39 is 0 Å². The molecule has 238 valence electrons. The highest BCUT2D eigenvalue weighted by Crippen LogP contribution is 2.36. The van der Waals surface area contributed by atoms with E-state index in [1.807, 2.05) is 25.7 Å². The van der Waals surface area contributed by atoms with Crippen LogP contribution >= 0.6 is 0 Å². The third-order valence-electron chi connectivity index (χ3n) is 8.00. The van der Waals surface area contributed by atoms with Gasteiger partial charge in [0, 0.05) is 19.5 Å². The Labute approximate surface area is 250 Å². The van der Waals surface area contributed by atoms with Gasteiger partial charge in [0.2, 0.25) is 17.7 Å². The largest absolute Gasteiger partial charge is 0.379 e. The Morgan fingerprint density at radius 3 is 2.02 bits per heavy atom. The summed E-state index contributed by atoms with van der Waals surface area (Å²) in [7, 11) is 0. The molecule has 3 rings (SSSR count). The molecule has 2 atom stereocenters. The summed E-state index contributed by atoms with van der Waals surface area (Å²) in [5, 5.41) is 8.16. The normalized spacial score (nSPS) is 19.9. The second kappa shape index (κ2) is 15.9. The zero-order chi connectivity index (χ0) is 30.8. The molecule has 1 aromatic rings. The molecule has 3 amide bonds. The quantitative estimate of drug-likeness (QED) is 0.198. The fraction of sp³-hybridized carbons (Fsp3) is 0.833. The van der Waals surface area contributed by atoms with Crippen LogP contribution in [-0.2, 0) is 46.4 Å². The Morgan fingerprint density at radius 1 is 0.881 bits per heavy atom. The fourth-order valence-corrected chi connectivity index (χ4v) is 5.14. The van der Waals surface area contributed by atoms with E-state index in [1.54, 1.807) is 10.9 Å². The van der Waals surface area contributed by atoms with Crippen LogP contribution in [0.4, 0.5) is 0 Å². The lowest BCUT2D eigenvalue weighted by Crippen LogP contribution is -2.33. The monoisotopic (exact) mass is 593 g/mol. The Hall–Kier alpha value is -2.41. The minimum Gasteiger partial charge on any atom is -0.379 e. The van der Waals surface area contributed by atoms with E-state index in [9.17, 15) is 14.4 Å². The van der Waals surface area contributed by atoms with Crippen molar-refractivity contribution in [3.05, 3.63) is 11.9 Å². The average molecular weight is 594 g/mol. The van der Waals surface area contributed by atoms with Crippen LogP contribution in [0.15, 0.2) is 6.20 Å². The van der Waals surface area contributed by atoms with Crippen molar-refractivity contribution in [1.82, 2.24) is 24.8 Å². The Bertz CT molecular complexity index is 1020. The first kappa shape index (κ1) is 34.1. The zero-order valence-corrected chi connectivity index (χ0v) is 26.4. The second-order valence-corrected chi connectivity index (χ2v) is 13.3. The summed E-state index contributed by atoms with van der Waals surface area (Å²) in [5.41, 5.74) is 0.559. The van der Waals surface area contributed by atoms with Gasteiger partial charge in [-0.1, -0.05) is 46.8 Å². The highest BCUT2D eigenvalue weighted by Gasteiger charge is 2.44. The number of nitrogens with zero attached hydrogens (tertiary/aromatic N) is 5. The van der Waals surface area contributed by atoms with Crippen LogP contribution < -0.4 is 0 Å². The van der Waals surface area contributed by atoms with Crippen LogP contribution in [-0.4, -0.2) is 108 Å². The maximum absolute atomic E-state index is 12.7. The molecule has 0 radical (unpaired) electrons. The second-order valence-electron chi connectivity index (χ2n) is 13.3. The minimum absolute atomic E-state index is 0.139. The smallest absolute Gasteiger partial charge is 0.233 e. The number of likely N-dealkylation sites (tertiary alicyclic amines) is 2. The van der Waals surface area contributed by atoms with Gasteiger partial charge in [-0.2, -0.15) is 0 Å². The summed E-state index contributed by atoms with van der Waals surface area (Å²) in [6, 6.07) is 0. The summed E-state index contributed by atoms with van der Waals surface area (Å²) < 4.78 is 23.8. The van der Waals surface area contributed by atoms with Crippen LogP contribution in [0.3, 0.4) is 0 Å². The zero-order valence-electron chi connectivity index (χ0n) is 26.4. The predicted octanol–water partition coefficient (Wildman–Crippen LogP) is 2.55. The Kier molecular flexibility index (Phi) is 12.9. The lowest BCUT2D eigenvalue weighted by molar-refractivity contribution is -0.141. The van der Waals surface area contributed by atoms with Gasteiger partial charge >= 0.3 is 0 Å². The number of carbonyl (C=O) groups is 3. The van der Waals surface area contributed by atoms with Crippen molar-refractivity contribution in [3.63, 3.8) is 0 Å². The van der Waals surface area contributed by atoms with Crippen LogP contribution in [0.25, 0.3) is 0 Å². The molecule has 2 aliphatic rings. The molecule has 12 heteroatoms. The van der Waals surface area contributed by atoms with E-state index in [1.165, 1.54) is 4.90 Å². The first-order valence-electron chi connectivity index (χ1n) is 15.2. The predicted molar refractivity (Wildman–Crippen MR) is 155 cm³/mol. The number of amides is 3. The molecule has 2 fully saturated rings. The van der Waals surface area contributed by atoms with Gasteiger partial charge in [0.1, 0.15) is 5.69 Å². The molecular formula is C30H51N5O7. The molecule has 2 aliphatic heterocycles. The van der Waals surface area contributed by atoms with Crippen LogP contribution in [0.2, 0.25) is 0 Å². The van der Waals surface area contributed by atoms with Gasteiger partial charge in [-0.3, -0.25) is 19.3 Å². The molecule has 0 N–H and O–H groups in total. The fourth-order valence-electron chi connectivity index (χ4n) is 5.14. The summed E-state index contributed by atoms with van der Waals surface area (Å²) in [6.45, 7) is 18.6. The maximum Gasteiger partial charge on any atom is 0.233 e. The van der Waals surface area contributed by atoms with Crippen LogP contribution in [0, 0.1) is 22.7 Å². The number of carbonyl (C=O) groups excluding carboxylic acids is 3. The minimum atomic E-state index is -0.300. The lowest BCUT2D eigenvalue weighted by Gasteiger charge is -2.27. The molecule has 2 saturated heterocycles. The molecule has 1 unspecified atom stereocenters. The van der Waals surface area contributed by atoms with E-state index in [2.05, 4.69) is 31.1 Å². The topological polar surface area (TPSA) is 125 Å². The SMILES string of the molecule is CC(C)(C)C1CC(=O)N(Cc2cn(CCOCCOCCOCCOCCC(=O)N3CC[C@H](C(C)(C)C)C3)nn2)C1=O. The van der Waals surface area contributed by atoms with Gasteiger partial charge < -0.3 is 23.8 Å². The molecule has 0 bridgehead atoms. The molecule has 0 spiro atoms. The van der Waals surface area contributed by atoms with Crippen molar-refractivity contribution < 1.29 is 33.3 Å². The van der Waals surface area contributed by atoms with Crippen LogP contribution in [0.1, 0.15) is 66.5 Å². The van der Waals surface area contributed by atoms with Crippen molar-refractivity contribution in [2.45, 2.75) is 73.9 Å². The number of imide groups is 1. The number of aromatic nitrogens is 3. The summed E-state index contributed by atoms with van der Waals surface area (Å²) >= 11 is 0. The first-order valence-corrected chi connectivity index (χ1v) is 15.2. The molecule has 3 heterocycles. The van der Waals surface area contributed by atoms with Gasteiger partial charge in [-0.15, -0.1) is 5.10 Å². The highest BCUT2D eigenvalue weighted by atomic mass is 16.6. The summed E-state index contributed by atoms with van der Waals surface area (Å²) in [4.78, 5) is 40.6. The third kappa shape index (κ3) is 10.7. The van der Waals surface area contributed by atoms with E-state index >= 15 is 0 Å². The molecule has 12 nitrogen and oxygen atoms in total. The Morgan fingerprint density at radius 2 is 1.48 bits per heavy atom. The van der Waals surface area contributed by atoms with Crippen LogP contribution in [0.5, 0.6) is 0 Å². The van der Waals surface area contributed by atoms with Crippen molar-refractivity contribution in [2.24, 2.45) is 22.7 Å². The number of hydrogen-bond donors (Lipinski definition) is 0. The van der Waals surface area contributed by atoms with Gasteiger partial charge in [-0.25, -0.2) is 4.68 Å². The van der Waals surface area contributed by atoms with Crippen molar-refractivity contribution in [3.8, 4) is 0 Å². The maximum atomic E-state index is 12.7. The number of rotatable bonds is 17. The lowest BCUT2D eigenvalue weighted by atomic mass is 9.80. The van der Waals surface area contributed by atoms with Gasteiger partial charge in [0.15, 0.2) is 0 Å². The highest BCUT2D eigenvalue weighted by molar-refractivity contribution is 6.03. The number of hydrogen-bond acceptors (Lipinski definition) is 9. The molecule has 0 aliphatic carbocycles. The van der Waals surface area contributed by atoms with E-state index in [-0.39, 0.29) is 47.4 Å². The standard InChI is InChI=1S/C30H51N5O7/c1-29(2,3)23-7-9-33(20-23)26(36)8-11-39-13-15-41-17-18-42-16-14-40-12-10-34-21-24(31-32-34)22-35-27(37)19-25(28(35)38)30(4,5)6/h21,23,25H,7-20,22H2,1-6H3/t23-,25?/m0/s1. The van der Waals surface area contributed by atoms with Crippen molar-refractivity contribution in [2.75, 3.05) is 65.9 Å².